The topological polar surface area (TPSA) is 105 Å². The summed E-state index contributed by atoms with van der Waals surface area (Å²) >= 11 is 0. The molecule has 1 aromatic carbocycles. The fraction of sp³-hybridized carbons (Fsp3) is 0.125. The lowest BCUT2D eigenvalue weighted by Gasteiger charge is -2.01. The molecule has 0 aliphatic carbocycles. The molecule has 0 aliphatic rings. The Hall–Kier alpha value is -1.99. The summed E-state index contributed by atoms with van der Waals surface area (Å²) < 4.78 is 4.72. The fourth-order valence-corrected chi connectivity index (χ4v) is 0.865. The number of nitrogens with two attached hydrogens (primary N) is 1. The first-order valence-corrected chi connectivity index (χ1v) is 3.90. The van der Waals surface area contributed by atoms with Crippen LogP contribution in [0.1, 0.15) is 0 Å². The number of carbonyl (C=O) groups excluding carboxylic acids is 1. The lowest BCUT2D eigenvalue weighted by molar-refractivity contribution is -0.384. The van der Waals surface area contributed by atoms with Gasteiger partial charge in [-0.1, -0.05) is 0 Å². The van der Waals surface area contributed by atoms with Crippen molar-refractivity contribution in [3.05, 3.63) is 34.4 Å². The van der Waals surface area contributed by atoms with Crippen molar-refractivity contribution in [1.82, 2.24) is 0 Å². The number of non-ortho nitro benzene ring substituents is 1. The maximum Gasteiger partial charge on any atom is 0.339 e. The molecule has 0 aromatic heterocycles. The highest BCUT2D eigenvalue weighted by atomic mass is 16.6. The quantitative estimate of drug-likeness (QED) is 0.335. The van der Waals surface area contributed by atoms with Gasteiger partial charge in [0.05, 0.1) is 4.92 Å². The highest BCUT2D eigenvalue weighted by Crippen LogP contribution is 2.17. The number of carbonyl (C=O) groups is 1. The van der Waals surface area contributed by atoms with Gasteiger partial charge in [0.25, 0.3) is 5.69 Å². The Morgan fingerprint density at radius 2 is 2.00 bits per heavy atom. The maximum atomic E-state index is 10.9. The second-order valence-corrected chi connectivity index (χ2v) is 2.54. The van der Waals surface area contributed by atoms with Crippen LogP contribution >= 0.6 is 0 Å². The van der Waals surface area contributed by atoms with Crippen molar-refractivity contribution in [1.29, 1.82) is 0 Å². The zero-order valence-corrected chi connectivity index (χ0v) is 7.58. The van der Waals surface area contributed by atoms with Crippen molar-refractivity contribution in [3.63, 3.8) is 0 Å². The Morgan fingerprint density at radius 1 is 1.40 bits per heavy atom. The van der Waals surface area contributed by atoms with Gasteiger partial charge in [0.2, 0.25) is 0 Å². The Morgan fingerprint density at radius 3 is 2.47 bits per heavy atom. The van der Waals surface area contributed by atoms with Crippen molar-refractivity contribution in [3.8, 4) is 5.75 Å². The van der Waals surface area contributed by atoms with Crippen molar-refractivity contribution in [2.24, 2.45) is 5.90 Å². The fourth-order valence-electron chi connectivity index (χ4n) is 0.865. The van der Waals surface area contributed by atoms with Crippen molar-refractivity contribution in [2.75, 3.05) is 6.61 Å². The Balaban J connectivity index is 2.64. The summed E-state index contributed by atoms with van der Waals surface area (Å²) in [5, 5.41) is 10.3. The standard InChI is InChI=1S/C8H8N2O5/c9-14-5-8(11)15-7-3-1-6(2-4-7)10(12)13/h1-4H,5,9H2. The molecule has 0 fully saturated rings. The third kappa shape index (κ3) is 3.33. The summed E-state index contributed by atoms with van der Waals surface area (Å²) in [5.74, 6) is 4.18. The smallest absolute Gasteiger partial charge is 0.339 e. The highest BCUT2D eigenvalue weighted by molar-refractivity contribution is 5.73. The first-order valence-electron chi connectivity index (χ1n) is 3.90. The molecule has 0 radical (unpaired) electrons. The molecule has 15 heavy (non-hydrogen) atoms. The van der Waals surface area contributed by atoms with Gasteiger partial charge in [0, 0.05) is 12.1 Å². The average molecular weight is 212 g/mol. The van der Waals surface area contributed by atoms with E-state index in [4.69, 9.17) is 4.74 Å². The van der Waals surface area contributed by atoms with Crippen LogP contribution in [0.25, 0.3) is 0 Å². The second-order valence-electron chi connectivity index (χ2n) is 2.54. The monoisotopic (exact) mass is 212 g/mol. The minimum Gasteiger partial charge on any atom is -0.425 e. The van der Waals surface area contributed by atoms with Gasteiger partial charge in [-0.3, -0.25) is 15.0 Å². The van der Waals surface area contributed by atoms with Crippen molar-refractivity contribution < 1.29 is 19.3 Å². The number of ether oxygens (including phenoxy) is 1. The van der Waals surface area contributed by atoms with E-state index in [9.17, 15) is 14.9 Å². The molecule has 0 spiro atoms. The Kier molecular flexibility index (Phi) is 3.72. The van der Waals surface area contributed by atoms with E-state index in [2.05, 4.69) is 10.7 Å². The molecule has 1 aromatic rings. The van der Waals surface area contributed by atoms with E-state index in [0.717, 1.165) is 0 Å². The molecule has 0 amide bonds. The first kappa shape index (κ1) is 11.1. The van der Waals surface area contributed by atoms with Gasteiger partial charge in [-0.15, -0.1) is 0 Å². The number of hydrogen-bond acceptors (Lipinski definition) is 6. The highest BCUT2D eigenvalue weighted by Gasteiger charge is 2.07. The van der Waals surface area contributed by atoms with Crippen LogP contribution in [0.3, 0.4) is 0 Å². The molecule has 0 aliphatic heterocycles. The molecule has 2 N–H and O–H groups in total. The predicted octanol–water partition coefficient (Wildman–Crippen LogP) is 0.390. The zero-order chi connectivity index (χ0) is 11.3. The van der Waals surface area contributed by atoms with E-state index in [1.807, 2.05) is 0 Å². The second kappa shape index (κ2) is 5.03. The van der Waals surface area contributed by atoms with Gasteiger partial charge >= 0.3 is 5.97 Å². The van der Waals surface area contributed by atoms with Gasteiger partial charge in [0.15, 0.2) is 6.61 Å². The molecule has 1 rings (SSSR count). The number of nitrogens with zero attached hydrogens (tertiary/aromatic N) is 1. The van der Waals surface area contributed by atoms with Crippen molar-refractivity contribution >= 4 is 11.7 Å². The summed E-state index contributed by atoms with van der Waals surface area (Å²) in [5.41, 5.74) is -0.0788. The number of rotatable bonds is 4. The van der Waals surface area contributed by atoms with Gasteiger partial charge < -0.3 is 4.74 Å². The normalized spacial score (nSPS) is 9.67. The zero-order valence-electron chi connectivity index (χ0n) is 7.58. The van der Waals surface area contributed by atoms with Gasteiger partial charge in [-0.2, -0.15) is 0 Å². The molecule has 0 bridgehead atoms. The molecule has 7 nitrogen and oxygen atoms in total. The van der Waals surface area contributed by atoms with Crippen LogP contribution in [0.2, 0.25) is 0 Å². The third-order valence-electron chi connectivity index (χ3n) is 1.48. The van der Waals surface area contributed by atoms with Crippen LogP contribution in [0.4, 0.5) is 5.69 Å². The molecule has 80 valence electrons. The van der Waals surface area contributed by atoms with Crippen molar-refractivity contribution in [2.45, 2.75) is 0 Å². The Bertz CT molecular complexity index is 362. The van der Waals surface area contributed by atoms with E-state index in [1.165, 1.54) is 24.3 Å². The van der Waals surface area contributed by atoms with Crippen LogP contribution in [0.5, 0.6) is 5.75 Å². The SMILES string of the molecule is NOCC(=O)Oc1ccc([N+](=O)[O-])cc1. The summed E-state index contributed by atoms with van der Waals surface area (Å²) in [7, 11) is 0. The summed E-state index contributed by atoms with van der Waals surface area (Å²) in [6.07, 6.45) is 0. The first-order chi connectivity index (χ1) is 7.13. The summed E-state index contributed by atoms with van der Waals surface area (Å²) in [6, 6.07) is 5.08. The summed E-state index contributed by atoms with van der Waals surface area (Å²) in [4.78, 5) is 24.7. The third-order valence-corrected chi connectivity index (χ3v) is 1.48. The molecule has 0 saturated heterocycles. The molecule has 7 heteroatoms. The molecule has 0 saturated carbocycles. The van der Waals surface area contributed by atoms with E-state index in [0.29, 0.717) is 0 Å². The summed E-state index contributed by atoms with van der Waals surface area (Å²) in [6.45, 7) is -0.378. The lowest BCUT2D eigenvalue weighted by Crippen LogP contribution is -2.17. The van der Waals surface area contributed by atoms with Crippen LogP contribution in [0.15, 0.2) is 24.3 Å². The number of hydrogen-bond donors (Lipinski definition) is 1. The van der Waals surface area contributed by atoms with E-state index in [-0.39, 0.29) is 18.0 Å². The van der Waals surface area contributed by atoms with E-state index < -0.39 is 10.9 Å². The number of nitro groups is 1. The number of esters is 1. The van der Waals surface area contributed by atoms with Gasteiger partial charge in [-0.25, -0.2) is 10.7 Å². The minimum atomic E-state index is -0.675. The molecule has 0 heterocycles. The van der Waals surface area contributed by atoms with Crippen LogP contribution < -0.4 is 10.6 Å². The molecular weight excluding hydrogens is 204 g/mol. The number of benzene rings is 1. The molecule has 0 atom stereocenters. The van der Waals surface area contributed by atoms with Crippen LogP contribution in [0, 0.1) is 10.1 Å². The van der Waals surface area contributed by atoms with Crippen LogP contribution in [-0.4, -0.2) is 17.5 Å². The largest absolute Gasteiger partial charge is 0.425 e. The van der Waals surface area contributed by atoms with E-state index in [1.54, 1.807) is 0 Å². The molecular formula is C8H8N2O5. The molecule has 0 unspecified atom stereocenters. The lowest BCUT2D eigenvalue weighted by atomic mass is 10.3. The van der Waals surface area contributed by atoms with Gasteiger partial charge in [0.1, 0.15) is 5.75 Å². The average Bonchev–Trinajstić information content (AvgIpc) is 2.18. The van der Waals surface area contributed by atoms with E-state index >= 15 is 0 Å². The number of nitro benzene ring substituents is 1. The maximum absolute atomic E-state index is 10.9. The Labute approximate surface area is 84.5 Å². The minimum absolute atomic E-state index is 0.0788. The van der Waals surface area contributed by atoms with Crippen LogP contribution in [-0.2, 0) is 9.63 Å². The predicted molar refractivity (Wildman–Crippen MR) is 48.9 cm³/mol. The van der Waals surface area contributed by atoms with Gasteiger partial charge in [-0.05, 0) is 12.1 Å².